The molecule has 2 heterocycles. The number of rotatable bonds is 1. The van der Waals surface area contributed by atoms with E-state index >= 15 is 0 Å². The Morgan fingerprint density at radius 2 is 1.70 bits per heavy atom. The van der Waals surface area contributed by atoms with Gasteiger partial charge in [0.05, 0.1) is 0 Å². The van der Waals surface area contributed by atoms with Crippen molar-refractivity contribution < 1.29 is 4.79 Å². The lowest BCUT2D eigenvalue weighted by molar-refractivity contribution is -0.0117. The number of amides is 2. The summed E-state index contributed by atoms with van der Waals surface area (Å²) in [5.41, 5.74) is 2.36. The molecule has 0 unspecified atom stereocenters. The smallest absolute Gasteiger partial charge is 0.317 e. The summed E-state index contributed by atoms with van der Waals surface area (Å²) < 4.78 is 0. The summed E-state index contributed by atoms with van der Waals surface area (Å²) in [4.78, 5) is 15.3. The first-order valence-corrected chi connectivity index (χ1v) is 12.4. The maximum atomic E-state index is 13.2. The standard InChI is InChI=1S/C25H34ClN3O/c1-24(2)19-4-3-5-20(26)21(19)25(28-24)6-8-29(9-7-25)23(30)27-22-17-11-15-10-16(13-17)14-18(22)12-15/h3-5,15-18,22,28H,6-14H2,1-2H3,(H,27,30). The number of hydrogen-bond acceptors (Lipinski definition) is 2. The van der Waals surface area contributed by atoms with Crippen LogP contribution in [-0.4, -0.2) is 30.1 Å². The van der Waals surface area contributed by atoms with Gasteiger partial charge in [0.1, 0.15) is 0 Å². The highest BCUT2D eigenvalue weighted by molar-refractivity contribution is 6.31. The van der Waals surface area contributed by atoms with Crippen molar-refractivity contribution in [3.8, 4) is 0 Å². The van der Waals surface area contributed by atoms with Crippen molar-refractivity contribution in [2.45, 2.75) is 75.9 Å². The zero-order valence-corrected chi connectivity index (χ0v) is 19.0. The Kier molecular flexibility index (Phi) is 4.29. The van der Waals surface area contributed by atoms with E-state index in [1.165, 1.54) is 43.2 Å². The molecule has 4 saturated carbocycles. The summed E-state index contributed by atoms with van der Waals surface area (Å²) in [6.45, 7) is 6.05. The second-order valence-corrected chi connectivity index (χ2v) is 11.8. The third kappa shape index (κ3) is 2.86. The highest BCUT2D eigenvalue weighted by Gasteiger charge is 2.51. The van der Waals surface area contributed by atoms with Crippen molar-refractivity contribution in [2.75, 3.05) is 13.1 Å². The van der Waals surface area contributed by atoms with Gasteiger partial charge in [0.2, 0.25) is 0 Å². The summed E-state index contributed by atoms with van der Waals surface area (Å²) in [7, 11) is 0. The van der Waals surface area contributed by atoms with Gasteiger partial charge in [-0.3, -0.25) is 5.32 Å². The minimum atomic E-state index is -0.115. The average Bonchev–Trinajstić information content (AvgIpc) is 2.92. The van der Waals surface area contributed by atoms with Gasteiger partial charge in [-0.15, -0.1) is 0 Å². The molecule has 2 aliphatic heterocycles. The second-order valence-electron chi connectivity index (χ2n) is 11.4. The highest BCUT2D eigenvalue weighted by atomic mass is 35.5. The van der Waals surface area contributed by atoms with Gasteiger partial charge in [-0.2, -0.15) is 0 Å². The van der Waals surface area contributed by atoms with Gasteiger partial charge < -0.3 is 10.2 Å². The number of carbonyl (C=O) groups excluding carboxylic acids is 1. The fraction of sp³-hybridized carbons (Fsp3) is 0.720. The molecule has 0 atom stereocenters. The summed E-state index contributed by atoms with van der Waals surface area (Å²) in [6, 6.07) is 6.85. The summed E-state index contributed by atoms with van der Waals surface area (Å²) in [6.07, 6.45) is 8.66. The normalized spacial score (nSPS) is 37.4. The molecule has 0 aromatic heterocycles. The Bertz CT molecular complexity index is 845. The van der Waals surface area contributed by atoms with Gasteiger partial charge in [0, 0.05) is 35.2 Å². The van der Waals surface area contributed by atoms with Crippen LogP contribution in [0.4, 0.5) is 4.79 Å². The van der Waals surface area contributed by atoms with Crippen LogP contribution < -0.4 is 10.6 Å². The Morgan fingerprint density at radius 1 is 1.07 bits per heavy atom. The number of benzene rings is 1. The molecule has 2 N–H and O–H groups in total. The Hall–Kier alpha value is -1.26. The van der Waals surface area contributed by atoms with Crippen LogP contribution in [0.3, 0.4) is 0 Å². The zero-order valence-electron chi connectivity index (χ0n) is 18.2. The molecule has 30 heavy (non-hydrogen) atoms. The quantitative estimate of drug-likeness (QED) is 0.662. The molecular weight excluding hydrogens is 394 g/mol. The van der Waals surface area contributed by atoms with E-state index in [1.54, 1.807) is 0 Å². The molecule has 5 fully saturated rings. The number of urea groups is 1. The predicted octanol–water partition coefficient (Wildman–Crippen LogP) is 5.00. The van der Waals surface area contributed by atoms with Crippen molar-refractivity contribution >= 4 is 17.6 Å². The maximum Gasteiger partial charge on any atom is 0.317 e. The van der Waals surface area contributed by atoms with Crippen molar-refractivity contribution in [3.05, 3.63) is 34.3 Å². The topological polar surface area (TPSA) is 44.4 Å². The number of fused-ring (bicyclic) bond motifs is 2. The molecule has 6 aliphatic rings. The van der Waals surface area contributed by atoms with Crippen LogP contribution in [0.5, 0.6) is 0 Å². The van der Waals surface area contributed by atoms with E-state index in [9.17, 15) is 4.79 Å². The van der Waals surface area contributed by atoms with E-state index in [-0.39, 0.29) is 17.1 Å². The third-order valence-electron chi connectivity index (χ3n) is 9.14. The van der Waals surface area contributed by atoms with Crippen molar-refractivity contribution in [3.63, 3.8) is 0 Å². The molecule has 4 bridgehead atoms. The van der Waals surface area contributed by atoms with Gasteiger partial charge in [0.15, 0.2) is 0 Å². The molecule has 1 saturated heterocycles. The van der Waals surface area contributed by atoms with E-state index in [0.717, 1.165) is 54.6 Å². The number of nitrogens with zero attached hydrogens (tertiary/aromatic N) is 1. The zero-order chi connectivity index (χ0) is 20.7. The summed E-state index contributed by atoms with van der Waals surface area (Å²) in [5.74, 6) is 3.34. The van der Waals surface area contributed by atoms with E-state index in [1.807, 2.05) is 6.07 Å². The SMILES string of the molecule is CC1(C)NC2(CCN(C(=O)NC3C4CC5CC(C4)CC3C5)CC2)c2c(Cl)cccc21. The maximum absolute atomic E-state index is 13.2. The van der Waals surface area contributed by atoms with Gasteiger partial charge in [-0.05, 0) is 99.7 Å². The average molecular weight is 428 g/mol. The van der Waals surface area contributed by atoms with Crippen LogP contribution in [-0.2, 0) is 11.1 Å². The van der Waals surface area contributed by atoms with Gasteiger partial charge in [-0.1, -0.05) is 23.7 Å². The van der Waals surface area contributed by atoms with Crippen LogP contribution in [0.15, 0.2) is 18.2 Å². The molecule has 1 spiro atoms. The van der Waals surface area contributed by atoms with Crippen LogP contribution in [0.2, 0.25) is 5.02 Å². The number of halogens is 1. The van der Waals surface area contributed by atoms with E-state index in [2.05, 4.69) is 41.5 Å². The molecule has 7 rings (SSSR count). The number of piperidine rings is 1. The summed E-state index contributed by atoms with van der Waals surface area (Å²) >= 11 is 6.68. The minimum absolute atomic E-state index is 0.0922. The van der Waals surface area contributed by atoms with E-state index < -0.39 is 0 Å². The Labute approximate surface area is 185 Å². The number of hydrogen-bond donors (Lipinski definition) is 2. The molecule has 1 aromatic carbocycles. The molecule has 4 aliphatic carbocycles. The third-order valence-corrected chi connectivity index (χ3v) is 9.45. The lowest BCUT2D eigenvalue weighted by Gasteiger charge is -2.54. The molecule has 1 aromatic rings. The molecule has 0 radical (unpaired) electrons. The molecule has 162 valence electrons. The van der Waals surface area contributed by atoms with Crippen LogP contribution >= 0.6 is 11.6 Å². The fourth-order valence-corrected chi connectivity index (χ4v) is 8.48. The van der Waals surface area contributed by atoms with Crippen molar-refractivity contribution in [2.24, 2.45) is 23.7 Å². The predicted molar refractivity (Wildman–Crippen MR) is 119 cm³/mol. The largest absolute Gasteiger partial charge is 0.335 e. The lowest BCUT2D eigenvalue weighted by atomic mass is 9.54. The lowest BCUT2D eigenvalue weighted by Crippen LogP contribution is -2.60. The molecule has 2 amide bonds. The molecule has 4 nitrogen and oxygen atoms in total. The van der Waals surface area contributed by atoms with Gasteiger partial charge >= 0.3 is 6.03 Å². The molecule has 5 heteroatoms. The van der Waals surface area contributed by atoms with Crippen molar-refractivity contribution in [1.82, 2.24) is 15.5 Å². The first kappa shape index (κ1) is 19.4. The molecular formula is C25H34ClN3O. The number of nitrogens with one attached hydrogen (secondary N) is 2. The van der Waals surface area contributed by atoms with E-state index in [0.29, 0.717) is 6.04 Å². The van der Waals surface area contributed by atoms with Gasteiger partial charge in [0.25, 0.3) is 0 Å². The van der Waals surface area contributed by atoms with Crippen LogP contribution in [0.25, 0.3) is 0 Å². The first-order valence-electron chi connectivity index (χ1n) is 12.0. The van der Waals surface area contributed by atoms with E-state index in [4.69, 9.17) is 11.6 Å². The number of likely N-dealkylation sites (tertiary alicyclic amines) is 1. The Morgan fingerprint density at radius 3 is 2.33 bits per heavy atom. The van der Waals surface area contributed by atoms with Crippen LogP contribution in [0, 0.1) is 23.7 Å². The van der Waals surface area contributed by atoms with Crippen LogP contribution in [0.1, 0.15) is 69.9 Å². The van der Waals surface area contributed by atoms with Crippen molar-refractivity contribution in [1.29, 1.82) is 0 Å². The first-order chi connectivity index (χ1) is 14.3. The summed E-state index contributed by atoms with van der Waals surface area (Å²) in [5, 5.41) is 8.25. The fourth-order valence-electron chi connectivity index (χ4n) is 8.12. The second kappa shape index (κ2) is 6.62. The number of carbonyl (C=O) groups is 1. The Balaban J connectivity index is 1.15. The minimum Gasteiger partial charge on any atom is -0.335 e. The van der Waals surface area contributed by atoms with Gasteiger partial charge in [-0.25, -0.2) is 4.79 Å². The highest BCUT2D eigenvalue weighted by Crippen LogP contribution is 2.54. The monoisotopic (exact) mass is 427 g/mol.